The molecule has 2 heterocycles. The molecule has 1 atom stereocenters. The first-order valence-corrected chi connectivity index (χ1v) is 5.18. The Hall–Kier alpha value is -1.07. The van der Waals surface area contributed by atoms with Crippen molar-refractivity contribution in [2.75, 3.05) is 18.1 Å². The normalized spacial score (nSPS) is 21.4. The second-order valence-corrected chi connectivity index (χ2v) is 4.45. The van der Waals surface area contributed by atoms with Gasteiger partial charge in [0.2, 0.25) is 0 Å². The Kier molecular flexibility index (Phi) is 2.43. The number of hydrogen-bond donors (Lipinski definition) is 1. The van der Waals surface area contributed by atoms with Crippen LogP contribution in [0.15, 0.2) is 12.1 Å². The van der Waals surface area contributed by atoms with E-state index < -0.39 is 0 Å². The summed E-state index contributed by atoms with van der Waals surface area (Å²) in [6.45, 7) is 2.31. The van der Waals surface area contributed by atoms with Crippen LogP contribution in [0, 0.1) is 6.92 Å². The number of rotatable bonds is 2. The van der Waals surface area contributed by atoms with E-state index in [1.165, 1.54) is 0 Å². The van der Waals surface area contributed by atoms with E-state index in [9.17, 15) is 4.79 Å². The first-order valence-electron chi connectivity index (χ1n) is 4.36. The maximum absolute atomic E-state index is 11.4. The summed E-state index contributed by atoms with van der Waals surface area (Å²) in [5, 5.41) is 9.73. The average Bonchev–Trinajstić information content (AvgIpc) is 2.71. The maximum atomic E-state index is 11.4. The fraction of sp³-hybridized carbons (Fsp3) is 0.444. The molecule has 0 unspecified atom stereocenters. The molecule has 2 rings (SSSR count). The van der Waals surface area contributed by atoms with Crippen LogP contribution in [0.4, 0.5) is 9.80 Å². The van der Waals surface area contributed by atoms with Gasteiger partial charge >= 0.3 is 6.09 Å². The van der Waals surface area contributed by atoms with E-state index in [2.05, 4.69) is 0 Å². The van der Waals surface area contributed by atoms with Crippen LogP contribution in [0.25, 0.3) is 0 Å². The molecule has 0 radical (unpaired) electrons. The summed E-state index contributed by atoms with van der Waals surface area (Å²) in [6.07, 6.45) is -0.754. The van der Waals surface area contributed by atoms with Crippen LogP contribution in [0.5, 0.6) is 0 Å². The molecule has 1 N–H and O–H groups in total. The first kappa shape index (κ1) is 9.48. The third-order valence-electron chi connectivity index (χ3n) is 2.07. The largest absolute Gasteiger partial charge is 0.441 e. The van der Waals surface area contributed by atoms with Crippen molar-refractivity contribution in [3.63, 3.8) is 0 Å². The minimum Gasteiger partial charge on any atom is -0.441 e. The quantitative estimate of drug-likeness (QED) is 0.807. The second-order valence-electron chi connectivity index (χ2n) is 3.18. The van der Waals surface area contributed by atoms with Gasteiger partial charge in [-0.2, -0.15) is 0 Å². The molecule has 0 bridgehead atoms. The predicted molar refractivity (Wildman–Crippen MR) is 53.8 cm³/mol. The highest BCUT2D eigenvalue weighted by Gasteiger charge is 2.32. The number of cyclic esters (lactones) is 1. The SMILES string of the molecule is Cc1ccc(N2C[C@H](CO)OC2=O)s1. The average molecular weight is 213 g/mol. The van der Waals surface area contributed by atoms with Crippen molar-refractivity contribution in [2.24, 2.45) is 0 Å². The minimum absolute atomic E-state index is 0.118. The summed E-state index contributed by atoms with van der Waals surface area (Å²) in [7, 11) is 0. The van der Waals surface area contributed by atoms with Gasteiger partial charge in [-0.05, 0) is 19.1 Å². The summed E-state index contributed by atoms with van der Waals surface area (Å²) in [4.78, 5) is 14.1. The van der Waals surface area contributed by atoms with E-state index >= 15 is 0 Å². The smallest absolute Gasteiger partial charge is 0.415 e. The lowest BCUT2D eigenvalue weighted by Crippen LogP contribution is -2.24. The van der Waals surface area contributed by atoms with Gasteiger partial charge in [0.05, 0.1) is 13.2 Å². The molecule has 0 saturated carbocycles. The summed E-state index contributed by atoms with van der Waals surface area (Å²) in [6, 6.07) is 3.85. The van der Waals surface area contributed by atoms with Gasteiger partial charge in [-0.25, -0.2) is 4.79 Å². The number of nitrogens with zero attached hydrogens (tertiary/aromatic N) is 1. The molecule has 1 aliphatic heterocycles. The third-order valence-corrected chi connectivity index (χ3v) is 3.09. The Labute approximate surface area is 85.7 Å². The molecule has 1 aliphatic rings. The van der Waals surface area contributed by atoms with E-state index in [4.69, 9.17) is 9.84 Å². The molecule has 1 amide bonds. The fourth-order valence-electron chi connectivity index (χ4n) is 1.36. The van der Waals surface area contributed by atoms with Gasteiger partial charge in [-0.1, -0.05) is 0 Å². The van der Waals surface area contributed by atoms with Crippen LogP contribution >= 0.6 is 11.3 Å². The molecule has 0 spiro atoms. The van der Waals surface area contributed by atoms with E-state index in [-0.39, 0.29) is 18.8 Å². The van der Waals surface area contributed by atoms with Crippen molar-refractivity contribution in [3.8, 4) is 0 Å². The van der Waals surface area contributed by atoms with Crippen LogP contribution < -0.4 is 4.90 Å². The van der Waals surface area contributed by atoms with Gasteiger partial charge in [-0.3, -0.25) is 4.90 Å². The van der Waals surface area contributed by atoms with Crippen molar-refractivity contribution >= 4 is 22.4 Å². The Bertz CT molecular complexity index is 350. The minimum atomic E-state index is -0.384. The Morgan fingerprint density at radius 1 is 1.71 bits per heavy atom. The Morgan fingerprint density at radius 2 is 2.50 bits per heavy atom. The zero-order chi connectivity index (χ0) is 10.1. The van der Waals surface area contributed by atoms with Crippen molar-refractivity contribution in [2.45, 2.75) is 13.0 Å². The van der Waals surface area contributed by atoms with Gasteiger partial charge in [0.15, 0.2) is 0 Å². The number of carbonyl (C=O) groups is 1. The molecule has 5 heteroatoms. The zero-order valence-corrected chi connectivity index (χ0v) is 8.58. The molecule has 1 aromatic heterocycles. The number of aliphatic hydroxyl groups excluding tert-OH is 1. The van der Waals surface area contributed by atoms with Crippen LogP contribution in [0.1, 0.15) is 4.88 Å². The number of thiophene rings is 1. The molecular weight excluding hydrogens is 202 g/mol. The van der Waals surface area contributed by atoms with Gasteiger partial charge in [0.1, 0.15) is 11.1 Å². The van der Waals surface area contributed by atoms with Gasteiger partial charge in [0, 0.05) is 4.88 Å². The monoisotopic (exact) mass is 213 g/mol. The molecule has 1 aromatic rings. The van der Waals surface area contributed by atoms with Crippen LogP contribution in [0.2, 0.25) is 0 Å². The summed E-state index contributed by atoms with van der Waals surface area (Å²) in [5.74, 6) is 0. The van der Waals surface area contributed by atoms with Crippen molar-refractivity contribution in [1.29, 1.82) is 0 Å². The Balaban J connectivity index is 2.16. The van der Waals surface area contributed by atoms with Gasteiger partial charge in [-0.15, -0.1) is 11.3 Å². The van der Waals surface area contributed by atoms with Crippen LogP contribution in [0.3, 0.4) is 0 Å². The van der Waals surface area contributed by atoms with E-state index in [1.807, 2.05) is 19.1 Å². The first-order chi connectivity index (χ1) is 6.70. The summed E-state index contributed by atoms with van der Waals surface area (Å²) in [5.41, 5.74) is 0. The van der Waals surface area contributed by atoms with Crippen LogP contribution in [-0.4, -0.2) is 30.5 Å². The van der Waals surface area contributed by atoms with Gasteiger partial charge < -0.3 is 9.84 Å². The highest BCUT2D eigenvalue weighted by atomic mass is 32.1. The molecule has 1 saturated heterocycles. The number of amides is 1. The number of carbonyl (C=O) groups excluding carboxylic acids is 1. The van der Waals surface area contributed by atoms with Gasteiger partial charge in [0.25, 0.3) is 0 Å². The lowest BCUT2D eigenvalue weighted by molar-refractivity contribution is 0.0963. The van der Waals surface area contributed by atoms with Crippen molar-refractivity contribution in [3.05, 3.63) is 17.0 Å². The zero-order valence-electron chi connectivity index (χ0n) is 7.77. The predicted octanol–water partition coefficient (Wildman–Crippen LogP) is 1.37. The standard InChI is InChI=1S/C9H11NO3S/c1-6-2-3-8(14-6)10-4-7(5-11)13-9(10)12/h2-3,7,11H,4-5H2,1H3/t7-/m1/s1. The number of aryl methyl sites for hydroxylation is 1. The third kappa shape index (κ3) is 1.60. The van der Waals surface area contributed by atoms with Crippen LogP contribution in [-0.2, 0) is 4.74 Å². The fourth-order valence-corrected chi connectivity index (χ4v) is 2.22. The van der Waals surface area contributed by atoms with E-state index in [0.717, 1.165) is 9.88 Å². The molecule has 0 aliphatic carbocycles. The summed E-state index contributed by atoms with van der Waals surface area (Å²) >= 11 is 1.54. The number of ether oxygens (including phenoxy) is 1. The molecule has 4 nitrogen and oxygen atoms in total. The second kappa shape index (κ2) is 3.59. The lowest BCUT2D eigenvalue weighted by atomic mass is 10.4. The van der Waals surface area contributed by atoms with E-state index in [0.29, 0.717) is 6.54 Å². The molecule has 14 heavy (non-hydrogen) atoms. The highest BCUT2D eigenvalue weighted by molar-refractivity contribution is 7.16. The number of aliphatic hydroxyl groups is 1. The molecule has 0 aromatic carbocycles. The number of anilines is 1. The molecule has 1 fully saturated rings. The van der Waals surface area contributed by atoms with Crippen molar-refractivity contribution in [1.82, 2.24) is 0 Å². The number of hydrogen-bond acceptors (Lipinski definition) is 4. The lowest BCUT2D eigenvalue weighted by Gasteiger charge is -2.08. The summed E-state index contributed by atoms with van der Waals surface area (Å²) < 4.78 is 4.93. The molecular formula is C9H11NO3S. The molecule has 76 valence electrons. The topological polar surface area (TPSA) is 49.8 Å². The maximum Gasteiger partial charge on any atom is 0.415 e. The Morgan fingerprint density at radius 3 is 3.00 bits per heavy atom. The van der Waals surface area contributed by atoms with Crippen molar-refractivity contribution < 1.29 is 14.6 Å². The highest BCUT2D eigenvalue weighted by Crippen LogP contribution is 2.28. The van der Waals surface area contributed by atoms with E-state index in [1.54, 1.807) is 16.2 Å².